The van der Waals surface area contributed by atoms with Gasteiger partial charge >= 0.3 is 0 Å². The van der Waals surface area contributed by atoms with Gasteiger partial charge in [0.25, 0.3) is 5.91 Å². The fourth-order valence-corrected chi connectivity index (χ4v) is 4.24. The Labute approximate surface area is 167 Å². The number of Topliss-reactive ketones (excluding diaryl/α,β-unsaturated/α-hetero) is 1. The summed E-state index contributed by atoms with van der Waals surface area (Å²) in [6.07, 6.45) is 0. The molecule has 0 atom stereocenters. The van der Waals surface area contributed by atoms with Crippen molar-refractivity contribution in [1.29, 1.82) is 0 Å². The van der Waals surface area contributed by atoms with Gasteiger partial charge in [-0.2, -0.15) is 0 Å². The number of hydrogen-bond donors (Lipinski definition) is 1. The van der Waals surface area contributed by atoms with Crippen LogP contribution in [0.25, 0.3) is 10.2 Å². The lowest BCUT2D eigenvalue weighted by molar-refractivity contribution is 0.101. The van der Waals surface area contributed by atoms with E-state index in [9.17, 15) is 9.59 Å². The quantitative estimate of drug-likeness (QED) is 0.686. The van der Waals surface area contributed by atoms with Gasteiger partial charge in [-0.25, -0.2) is 4.98 Å². The second kappa shape index (κ2) is 7.69. The highest BCUT2D eigenvalue weighted by Crippen LogP contribution is 2.31. The molecule has 1 fully saturated rings. The van der Waals surface area contributed by atoms with E-state index in [0.717, 1.165) is 47.2 Å². The Hall–Kier alpha value is -2.77. The fourth-order valence-electron chi connectivity index (χ4n) is 3.18. The second-order valence-corrected chi connectivity index (χ2v) is 8.07. The largest absolute Gasteiger partial charge is 0.345 e. The molecule has 0 saturated carbocycles. The van der Waals surface area contributed by atoms with Gasteiger partial charge in [0.15, 0.2) is 10.9 Å². The van der Waals surface area contributed by atoms with Crippen LogP contribution in [0.3, 0.4) is 0 Å². The van der Waals surface area contributed by atoms with Gasteiger partial charge in [0.1, 0.15) is 0 Å². The first-order valence-electron chi connectivity index (χ1n) is 9.26. The van der Waals surface area contributed by atoms with Gasteiger partial charge in [0.05, 0.1) is 10.2 Å². The van der Waals surface area contributed by atoms with Crippen molar-refractivity contribution >= 4 is 44.1 Å². The molecule has 2 aromatic carbocycles. The van der Waals surface area contributed by atoms with Crippen LogP contribution in [0.5, 0.6) is 0 Å². The van der Waals surface area contributed by atoms with Crippen LogP contribution in [0.2, 0.25) is 0 Å². The van der Waals surface area contributed by atoms with Gasteiger partial charge in [-0.1, -0.05) is 23.5 Å². The third kappa shape index (κ3) is 3.90. The molecular formula is C21H22N4O2S. The molecule has 3 aromatic rings. The minimum absolute atomic E-state index is 0.0150. The summed E-state index contributed by atoms with van der Waals surface area (Å²) in [5.74, 6) is -0.211. The summed E-state index contributed by atoms with van der Waals surface area (Å²) in [6.45, 7) is 5.56. The van der Waals surface area contributed by atoms with Crippen LogP contribution < -0.4 is 10.2 Å². The summed E-state index contributed by atoms with van der Waals surface area (Å²) in [6, 6.07) is 12.5. The van der Waals surface area contributed by atoms with Crippen LogP contribution in [0.1, 0.15) is 27.6 Å². The van der Waals surface area contributed by atoms with Crippen LogP contribution in [-0.4, -0.2) is 54.8 Å². The fraction of sp³-hybridized carbons (Fsp3) is 0.286. The van der Waals surface area contributed by atoms with Gasteiger partial charge in [-0.3, -0.25) is 9.59 Å². The lowest BCUT2D eigenvalue weighted by Crippen LogP contribution is -2.44. The molecule has 1 aliphatic rings. The molecule has 1 aromatic heterocycles. The molecule has 4 rings (SSSR count). The summed E-state index contributed by atoms with van der Waals surface area (Å²) in [4.78, 5) is 33.2. The Morgan fingerprint density at radius 2 is 1.68 bits per heavy atom. The molecular weight excluding hydrogens is 372 g/mol. The smallest absolute Gasteiger partial charge is 0.255 e. The van der Waals surface area contributed by atoms with Crippen molar-refractivity contribution in [3.63, 3.8) is 0 Å². The minimum Gasteiger partial charge on any atom is -0.345 e. The third-order valence-corrected chi connectivity index (χ3v) is 6.04. The Balaban J connectivity index is 1.49. The Bertz CT molecular complexity index is 1020. The molecule has 144 valence electrons. The summed E-state index contributed by atoms with van der Waals surface area (Å²) in [5.41, 5.74) is 2.80. The highest BCUT2D eigenvalue weighted by Gasteiger charge is 2.18. The number of carbonyl (C=O) groups excluding carboxylic acids is 2. The number of anilines is 2. The van der Waals surface area contributed by atoms with Crippen LogP contribution in [0, 0.1) is 0 Å². The van der Waals surface area contributed by atoms with E-state index in [1.54, 1.807) is 35.6 Å². The number of nitrogens with zero attached hydrogens (tertiary/aromatic N) is 3. The van der Waals surface area contributed by atoms with Crippen molar-refractivity contribution in [2.75, 3.05) is 43.4 Å². The molecule has 1 saturated heterocycles. The van der Waals surface area contributed by atoms with Gasteiger partial charge < -0.3 is 15.1 Å². The lowest BCUT2D eigenvalue weighted by Gasteiger charge is -2.31. The predicted octanol–water partition coefficient (Wildman–Crippen LogP) is 3.50. The van der Waals surface area contributed by atoms with E-state index in [4.69, 9.17) is 4.98 Å². The Morgan fingerprint density at radius 3 is 2.36 bits per heavy atom. The van der Waals surface area contributed by atoms with Crippen LogP contribution in [0.15, 0.2) is 42.5 Å². The lowest BCUT2D eigenvalue weighted by atomic mass is 10.1. The van der Waals surface area contributed by atoms with E-state index in [0.29, 0.717) is 11.1 Å². The highest BCUT2D eigenvalue weighted by molar-refractivity contribution is 7.22. The maximum Gasteiger partial charge on any atom is 0.255 e. The number of carbonyl (C=O) groups is 2. The molecule has 0 bridgehead atoms. The number of hydrogen-bond acceptors (Lipinski definition) is 6. The van der Waals surface area contributed by atoms with Crippen LogP contribution in [0.4, 0.5) is 10.8 Å². The molecule has 1 amide bonds. The number of amides is 1. The van der Waals surface area contributed by atoms with Crippen molar-refractivity contribution in [2.24, 2.45) is 0 Å². The topological polar surface area (TPSA) is 65.5 Å². The number of likely N-dealkylation sites (N-methyl/N-ethyl adjacent to an activating group) is 1. The van der Waals surface area contributed by atoms with Gasteiger partial charge in [0, 0.05) is 43.0 Å². The first kappa shape index (κ1) is 18.6. The molecule has 2 heterocycles. The molecule has 6 nitrogen and oxygen atoms in total. The van der Waals surface area contributed by atoms with Crippen molar-refractivity contribution in [2.45, 2.75) is 6.92 Å². The molecule has 0 aliphatic carbocycles. The minimum atomic E-state index is -0.196. The Morgan fingerprint density at radius 1 is 1.00 bits per heavy atom. The second-order valence-electron chi connectivity index (χ2n) is 7.06. The maximum absolute atomic E-state index is 12.5. The molecule has 0 radical (unpaired) electrons. The first-order chi connectivity index (χ1) is 13.5. The van der Waals surface area contributed by atoms with Gasteiger partial charge in [-0.05, 0) is 44.3 Å². The van der Waals surface area contributed by atoms with Crippen molar-refractivity contribution < 1.29 is 9.59 Å². The van der Waals surface area contributed by atoms with Crippen molar-refractivity contribution in [1.82, 2.24) is 9.88 Å². The van der Waals surface area contributed by atoms with E-state index in [-0.39, 0.29) is 11.7 Å². The van der Waals surface area contributed by atoms with Gasteiger partial charge in [-0.15, -0.1) is 0 Å². The van der Waals surface area contributed by atoms with Gasteiger partial charge in [0.2, 0.25) is 0 Å². The Kier molecular flexibility index (Phi) is 5.11. The van der Waals surface area contributed by atoms with E-state index >= 15 is 0 Å². The molecule has 1 N–H and O–H groups in total. The number of ketones is 1. The zero-order valence-corrected chi connectivity index (χ0v) is 16.8. The van der Waals surface area contributed by atoms with E-state index in [1.807, 2.05) is 18.2 Å². The predicted molar refractivity (Wildman–Crippen MR) is 114 cm³/mol. The number of piperazine rings is 1. The molecule has 7 heteroatoms. The molecule has 0 unspecified atom stereocenters. The average molecular weight is 395 g/mol. The number of aromatic nitrogens is 1. The number of rotatable bonds is 4. The molecule has 0 spiro atoms. The number of thiazole rings is 1. The van der Waals surface area contributed by atoms with Crippen LogP contribution in [-0.2, 0) is 0 Å². The average Bonchev–Trinajstić information content (AvgIpc) is 3.12. The van der Waals surface area contributed by atoms with E-state index < -0.39 is 0 Å². The molecule has 28 heavy (non-hydrogen) atoms. The maximum atomic E-state index is 12.5. The third-order valence-electron chi connectivity index (χ3n) is 4.96. The number of fused-ring (bicyclic) bond motifs is 1. The summed E-state index contributed by atoms with van der Waals surface area (Å²) < 4.78 is 1.05. The van der Waals surface area contributed by atoms with Crippen LogP contribution >= 0.6 is 11.3 Å². The summed E-state index contributed by atoms with van der Waals surface area (Å²) >= 11 is 1.65. The van der Waals surface area contributed by atoms with Crippen molar-refractivity contribution in [3.05, 3.63) is 53.6 Å². The number of nitrogens with one attached hydrogen (secondary N) is 1. The highest BCUT2D eigenvalue weighted by atomic mass is 32.1. The van der Waals surface area contributed by atoms with E-state index in [1.165, 1.54) is 6.92 Å². The zero-order chi connectivity index (χ0) is 19.7. The van der Waals surface area contributed by atoms with Crippen molar-refractivity contribution in [3.8, 4) is 0 Å². The monoisotopic (exact) mass is 394 g/mol. The standard InChI is InChI=1S/C21H22N4O2S/c1-14(26)15-3-5-16(6-4-15)20(27)22-17-7-8-18-19(13-17)28-21(23-18)25-11-9-24(2)10-12-25/h3-8,13H,9-12H2,1-2H3,(H,22,27). The first-order valence-corrected chi connectivity index (χ1v) is 10.1. The molecule has 1 aliphatic heterocycles. The SMILES string of the molecule is CC(=O)c1ccc(C(=O)Nc2ccc3nc(N4CCN(C)CC4)sc3c2)cc1. The normalized spacial score (nSPS) is 15.0. The number of benzene rings is 2. The summed E-state index contributed by atoms with van der Waals surface area (Å²) in [7, 11) is 2.14. The summed E-state index contributed by atoms with van der Waals surface area (Å²) in [5, 5.41) is 3.96. The van der Waals surface area contributed by atoms with E-state index in [2.05, 4.69) is 22.2 Å². The zero-order valence-electron chi connectivity index (χ0n) is 15.9.